The van der Waals surface area contributed by atoms with Gasteiger partial charge in [0.15, 0.2) is 0 Å². The maximum Gasteiger partial charge on any atom is 0.250 e. The van der Waals surface area contributed by atoms with Crippen molar-refractivity contribution in [1.82, 2.24) is 4.57 Å². The molecule has 1 N–H and O–H groups in total. The summed E-state index contributed by atoms with van der Waals surface area (Å²) in [4.78, 5) is 14.0. The number of anilines is 1. The molecule has 2 aromatic rings. The van der Waals surface area contributed by atoms with Gasteiger partial charge < -0.3 is 9.88 Å². The lowest BCUT2D eigenvalue weighted by Crippen LogP contribution is -2.17. The summed E-state index contributed by atoms with van der Waals surface area (Å²) in [6.45, 7) is 5.53. The lowest BCUT2D eigenvalue weighted by molar-refractivity contribution is 0.728. The van der Waals surface area contributed by atoms with Crippen molar-refractivity contribution in [2.75, 3.05) is 5.32 Å². The van der Waals surface area contributed by atoms with Gasteiger partial charge >= 0.3 is 0 Å². The van der Waals surface area contributed by atoms with Gasteiger partial charge in [-0.25, -0.2) is 0 Å². The summed E-state index contributed by atoms with van der Waals surface area (Å²) in [6, 6.07) is 5.55. The summed E-state index contributed by atoms with van der Waals surface area (Å²) < 4.78 is 2.85. The number of hydrogen-bond acceptors (Lipinski definition) is 3. The molecule has 0 spiro atoms. The minimum absolute atomic E-state index is 0.0396. The molecule has 2 aromatic heterocycles. The second-order valence-electron chi connectivity index (χ2n) is 4.01. The number of thiophene rings is 1. The van der Waals surface area contributed by atoms with E-state index in [1.165, 1.54) is 9.75 Å². The Morgan fingerprint density at radius 1 is 1.44 bits per heavy atom. The fraction of sp³-hybridized carbons (Fsp3) is 0.308. The van der Waals surface area contributed by atoms with E-state index in [4.69, 9.17) is 0 Å². The van der Waals surface area contributed by atoms with Gasteiger partial charge in [-0.1, -0.05) is 0 Å². The summed E-state index contributed by atoms with van der Waals surface area (Å²) in [5, 5.41) is 3.33. The molecule has 0 aromatic carbocycles. The molecule has 0 aliphatic rings. The molecule has 0 radical (unpaired) electrons. The van der Waals surface area contributed by atoms with Crippen molar-refractivity contribution >= 4 is 33.0 Å². The van der Waals surface area contributed by atoms with E-state index < -0.39 is 0 Å². The van der Waals surface area contributed by atoms with Gasteiger partial charge in [0.25, 0.3) is 5.56 Å². The number of hydrogen-bond donors (Lipinski definition) is 1. The summed E-state index contributed by atoms with van der Waals surface area (Å²) in [7, 11) is 0. The van der Waals surface area contributed by atoms with Crippen molar-refractivity contribution in [2.24, 2.45) is 0 Å². The van der Waals surface area contributed by atoms with Gasteiger partial charge in [-0.15, -0.1) is 11.3 Å². The number of nitrogens with zero attached hydrogens (tertiary/aromatic N) is 1. The topological polar surface area (TPSA) is 34.0 Å². The second kappa shape index (κ2) is 5.71. The van der Waals surface area contributed by atoms with Crippen LogP contribution in [0.4, 0.5) is 5.69 Å². The van der Waals surface area contributed by atoms with E-state index in [0.717, 1.165) is 16.7 Å². The number of nitrogens with one attached hydrogen (secondary N) is 1. The van der Waals surface area contributed by atoms with Gasteiger partial charge in [0.05, 0.1) is 5.69 Å². The molecule has 0 saturated heterocycles. The SMILES string of the molecule is CCn1cc(NCc2cc(Br)c(C)s2)ccc1=O. The van der Waals surface area contributed by atoms with E-state index in [-0.39, 0.29) is 5.56 Å². The number of aryl methyl sites for hydroxylation is 2. The Balaban J connectivity index is 2.08. The van der Waals surface area contributed by atoms with E-state index in [1.807, 2.05) is 19.2 Å². The fourth-order valence-corrected chi connectivity index (χ4v) is 3.22. The van der Waals surface area contributed by atoms with Gasteiger partial charge in [-0.05, 0) is 41.9 Å². The van der Waals surface area contributed by atoms with E-state index in [2.05, 4.69) is 34.2 Å². The average molecular weight is 327 g/mol. The number of pyridine rings is 1. The first-order valence-corrected chi connectivity index (χ1v) is 7.40. The van der Waals surface area contributed by atoms with Crippen LogP contribution in [-0.2, 0) is 13.1 Å². The molecule has 0 bridgehead atoms. The highest BCUT2D eigenvalue weighted by atomic mass is 79.9. The van der Waals surface area contributed by atoms with Crippen molar-refractivity contribution < 1.29 is 0 Å². The van der Waals surface area contributed by atoms with Gasteiger partial charge in [0, 0.05) is 39.6 Å². The molecule has 0 aliphatic carbocycles. The molecule has 5 heteroatoms. The molecular formula is C13H15BrN2OS. The molecule has 3 nitrogen and oxygen atoms in total. The molecule has 0 amide bonds. The van der Waals surface area contributed by atoms with Gasteiger partial charge in [-0.3, -0.25) is 4.79 Å². The molecule has 0 unspecified atom stereocenters. The van der Waals surface area contributed by atoms with E-state index in [0.29, 0.717) is 6.54 Å². The third-order valence-electron chi connectivity index (χ3n) is 2.70. The van der Waals surface area contributed by atoms with Crippen LogP contribution in [0.5, 0.6) is 0 Å². The van der Waals surface area contributed by atoms with Crippen LogP contribution >= 0.6 is 27.3 Å². The first-order valence-electron chi connectivity index (χ1n) is 5.79. The maximum absolute atomic E-state index is 11.5. The van der Waals surface area contributed by atoms with Crippen LogP contribution in [0, 0.1) is 6.92 Å². The van der Waals surface area contributed by atoms with Crippen molar-refractivity contribution in [3.05, 3.63) is 49.0 Å². The minimum atomic E-state index is 0.0396. The van der Waals surface area contributed by atoms with Crippen LogP contribution in [0.1, 0.15) is 16.7 Å². The molecule has 0 fully saturated rings. The summed E-state index contributed by atoms with van der Waals surface area (Å²) >= 11 is 5.28. The molecule has 96 valence electrons. The largest absolute Gasteiger partial charge is 0.379 e. The van der Waals surface area contributed by atoms with Crippen LogP contribution in [0.3, 0.4) is 0 Å². The van der Waals surface area contributed by atoms with Gasteiger partial charge in [0.2, 0.25) is 0 Å². The Bertz CT molecular complexity index is 584. The van der Waals surface area contributed by atoms with Gasteiger partial charge in [-0.2, -0.15) is 0 Å². The third-order valence-corrected chi connectivity index (χ3v) is 4.84. The number of halogens is 1. The first kappa shape index (κ1) is 13.4. The molecule has 0 atom stereocenters. The summed E-state index contributed by atoms with van der Waals surface area (Å²) in [5.41, 5.74) is 1.01. The zero-order valence-electron chi connectivity index (χ0n) is 10.4. The fourth-order valence-electron chi connectivity index (χ4n) is 1.68. The Kier molecular flexibility index (Phi) is 4.24. The molecule has 0 saturated carbocycles. The average Bonchev–Trinajstić information content (AvgIpc) is 2.68. The Morgan fingerprint density at radius 3 is 2.83 bits per heavy atom. The number of aromatic nitrogens is 1. The Morgan fingerprint density at radius 2 is 2.22 bits per heavy atom. The molecule has 2 heterocycles. The first-order chi connectivity index (χ1) is 8.60. The quantitative estimate of drug-likeness (QED) is 0.931. The van der Waals surface area contributed by atoms with E-state index >= 15 is 0 Å². The van der Waals surface area contributed by atoms with Crippen LogP contribution in [-0.4, -0.2) is 4.57 Å². The Hall–Kier alpha value is -1.07. The predicted octanol–water partition coefficient (Wildman–Crippen LogP) is 3.61. The normalized spacial score (nSPS) is 10.6. The molecule has 18 heavy (non-hydrogen) atoms. The monoisotopic (exact) mass is 326 g/mol. The maximum atomic E-state index is 11.5. The molecular weight excluding hydrogens is 312 g/mol. The smallest absolute Gasteiger partial charge is 0.250 e. The summed E-state index contributed by atoms with van der Waals surface area (Å²) in [6.07, 6.45) is 1.86. The second-order valence-corrected chi connectivity index (χ2v) is 6.21. The van der Waals surface area contributed by atoms with Crippen LogP contribution < -0.4 is 10.9 Å². The van der Waals surface area contributed by atoms with E-state index in [1.54, 1.807) is 22.0 Å². The lowest BCUT2D eigenvalue weighted by atomic mass is 10.3. The van der Waals surface area contributed by atoms with Crippen LogP contribution in [0.15, 0.2) is 33.7 Å². The zero-order chi connectivity index (χ0) is 13.1. The van der Waals surface area contributed by atoms with E-state index in [9.17, 15) is 4.79 Å². The Labute approximate surface area is 119 Å². The predicted molar refractivity (Wildman–Crippen MR) is 80.5 cm³/mol. The molecule has 2 rings (SSSR count). The highest BCUT2D eigenvalue weighted by Crippen LogP contribution is 2.26. The summed E-state index contributed by atoms with van der Waals surface area (Å²) in [5.74, 6) is 0. The highest BCUT2D eigenvalue weighted by molar-refractivity contribution is 9.10. The zero-order valence-corrected chi connectivity index (χ0v) is 12.8. The lowest BCUT2D eigenvalue weighted by Gasteiger charge is -2.07. The molecule has 0 aliphatic heterocycles. The van der Waals surface area contributed by atoms with Crippen LogP contribution in [0.25, 0.3) is 0 Å². The van der Waals surface area contributed by atoms with Crippen LogP contribution in [0.2, 0.25) is 0 Å². The van der Waals surface area contributed by atoms with Crippen molar-refractivity contribution in [3.63, 3.8) is 0 Å². The van der Waals surface area contributed by atoms with Crippen molar-refractivity contribution in [3.8, 4) is 0 Å². The third kappa shape index (κ3) is 3.03. The number of rotatable bonds is 4. The standard InChI is InChI=1S/C13H15BrN2OS/c1-3-16-8-10(4-5-13(16)17)15-7-11-6-12(14)9(2)18-11/h4-6,8,15H,3,7H2,1-2H3. The minimum Gasteiger partial charge on any atom is -0.379 e. The van der Waals surface area contributed by atoms with Crippen molar-refractivity contribution in [1.29, 1.82) is 0 Å². The van der Waals surface area contributed by atoms with Crippen molar-refractivity contribution in [2.45, 2.75) is 26.9 Å². The highest BCUT2D eigenvalue weighted by Gasteiger charge is 2.03. The van der Waals surface area contributed by atoms with Gasteiger partial charge in [0.1, 0.15) is 0 Å².